The number of hydrogen-bond acceptors (Lipinski definition) is 10. The standard InChI is InChI=1S/C25H32N4O5S3/c1-8-16-15(7)35-11-17(16)21-27-28-25(29(21)13(4)5)36-12-18(30)26-22-19(23(31)33-9-2)14(6)20(37-22)24(32)34-10-3/h11,13H,8-10,12H2,1-7H3,(H,26,30). The summed E-state index contributed by atoms with van der Waals surface area (Å²) in [6, 6.07) is 0.0861. The van der Waals surface area contributed by atoms with Crippen LogP contribution in [0.3, 0.4) is 0 Å². The molecule has 0 aromatic carbocycles. The molecule has 0 saturated heterocycles. The summed E-state index contributed by atoms with van der Waals surface area (Å²) in [4.78, 5) is 39.5. The van der Waals surface area contributed by atoms with Gasteiger partial charge in [0, 0.05) is 21.9 Å². The minimum Gasteiger partial charge on any atom is -0.462 e. The number of rotatable bonds is 11. The van der Waals surface area contributed by atoms with E-state index >= 15 is 0 Å². The molecule has 0 aliphatic rings. The van der Waals surface area contributed by atoms with Crippen molar-refractivity contribution in [2.75, 3.05) is 24.3 Å². The van der Waals surface area contributed by atoms with Crippen LogP contribution in [0.2, 0.25) is 0 Å². The van der Waals surface area contributed by atoms with E-state index in [0.29, 0.717) is 10.7 Å². The Morgan fingerprint density at radius 2 is 1.76 bits per heavy atom. The third kappa shape index (κ3) is 6.24. The van der Waals surface area contributed by atoms with E-state index in [4.69, 9.17) is 9.47 Å². The van der Waals surface area contributed by atoms with Gasteiger partial charge in [0.1, 0.15) is 9.88 Å². The molecule has 0 saturated carbocycles. The van der Waals surface area contributed by atoms with Gasteiger partial charge >= 0.3 is 11.9 Å². The topological polar surface area (TPSA) is 112 Å². The van der Waals surface area contributed by atoms with Gasteiger partial charge < -0.3 is 14.8 Å². The van der Waals surface area contributed by atoms with Crippen molar-refractivity contribution >= 4 is 57.3 Å². The van der Waals surface area contributed by atoms with Gasteiger partial charge in [0.2, 0.25) is 5.91 Å². The van der Waals surface area contributed by atoms with Crippen molar-refractivity contribution in [3.05, 3.63) is 31.8 Å². The zero-order chi connectivity index (χ0) is 27.3. The summed E-state index contributed by atoms with van der Waals surface area (Å²) in [6.07, 6.45) is 0.900. The number of carbonyl (C=O) groups is 3. The molecule has 37 heavy (non-hydrogen) atoms. The molecule has 1 N–H and O–H groups in total. The van der Waals surface area contributed by atoms with Crippen LogP contribution in [0.25, 0.3) is 11.4 Å². The minimum absolute atomic E-state index is 0.0438. The predicted octanol–water partition coefficient (Wildman–Crippen LogP) is 5.91. The molecule has 1 amide bonds. The number of aromatic nitrogens is 3. The highest BCUT2D eigenvalue weighted by molar-refractivity contribution is 7.99. The van der Waals surface area contributed by atoms with E-state index in [9.17, 15) is 14.4 Å². The number of amides is 1. The lowest BCUT2D eigenvalue weighted by atomic mass is 10.1. The van der Waals surface area contributed by atoms with Gasteiger partial charge in [-0.25, -0.2) is 9.59 Å². The van der Waals surface area contributed by atoms with E-state index in [1.165, 1.54) is 22.2 Å². The lowest BCUT2D eigenvalue weighted by molar-refractivity contribution is -0.113. The molecule has 0 bridgehead atoms. The Kier molecular flexibility index (Phi) is 9.91. The number of hydrogen-bond donors (Lipinski definition) is 1. The third-order valence-corrected chi connectivity index (χ3v) is 8.64. The molecule has 0 aliphatic heterocycles. The first kappa shape index (κ1) is 28.9. The van der Waals surface area contributed by atoms with Crippen molar-refractivity contribution in [3.8, 4) is 11.4 Å². The molecule has 0 aliphatic carbocycles. The van der Waals surface area contributed by atoms with Crippen LogP contribution >= 0.6 is 34.4 Å². The fourth-order valence-corrected chi connectivity index (χ4v) is 6.78. The molecule has 3 rings (SSSR count). The first-order chi connectivity index (χ1) is 17.6. The van der Waals surface area contributed by atoms with Gasteiger partial charge in [0.15, 0.2) is 11.0 Å². The number of ether oxygens (including phenoxy) is 2. The normalized spacial score (nSPS) is 11.1. The summed E-state index contributed by atoms with van der Waals surface area (Å²) in [5, 5.41) is 14.6. The van der Waals surface area contributed by atoms with Crippen LogP contribution < -0.4 is 5.32 Å². The Morgan fingerprint density at radius 1 is 1.08 bits per heavy atom. The van der Waals surface area contributed by atoms with Crippen LogP contribution in [0.1, 0.15) is 76.7 Å². The highest BCUT2D eigenvalue weighted by atomic mass is 32.2. The molecule has 0 fully saturated rings. The van der Waals surface area contributed by atoms with Crippen LogP contribution in [0.4, 0.5) is 5.00 Å². The molecule has 3 heterocycles. The first-order valence-electron chi connectivity index (χ1n) is 12.1. The lowest BCUT2D eigenvalue weighted by Crippen LogP contribution is -2.17. The number of anilines is 1. The van der Waals surface area contributed by atoms with E-state index < -0.39 is 11.9 Å². The predicted molar refractivity (Wildman–Crippen MR) is 148 cm³/mol. The largest absolute Gasteiger partial charge is 0.462 e. The van der Waals surface area contributed by atoms with Gasteiger partial charge in [-0.3, -0.25) is 9.36 Å². The molecule has 9 nitrogen and oxygen atoms in total. The summed E-state index contributed by atoms with van der Waals surface area (Å²) in [7, 11) is 0. The van der Waals surface area contributed by atoms with Gasteiger partial charge in [0.05, 0.1) is 24.5 Å². The van der Waals surface area contributed by atoms with E-state index in [1.54, 1.807) is 32.1 Å². The smallest absolute Gasteiger partial charge is 0.348 e. The number of carbonyl (C=O) groups excluding carboxylic acids is 3. The number of nitrogens with one attached hydrogen (secondary N) is 1. The molecule has 12 heteroatoms. The second-order valence-electron chi connectivity index (χ2n) is 8.35. The van der Waals surface area contributed by atoms with Crippen molar-refractivity contribution in [3.63, 3.8) is 0 Å². The number of thiophene rings is 2. The van der Waals surface area contributed by atoms with Gasteiger partial charge in [-0.1, -0.05) is 18.7 Å². The van der Waals surface area contributed by atoms with Crippen molar-refractivity contribution in [1.82, 2.24) is 14.8 Å². The maximum Gasteiger partial charge on any atom is 0.348 e. The quantitative estimate of drug-likeness (QED) is 0.226. The fraction of sp³-hybridized carbons (Fsp3) is 0.480. The molecular weight excluding hydrogens is 532 g/mol. The van der Waals surface area contributed by atoms with Gasteiger partial charge in [-0.2, -0.15) is 0 Å². The maximum atomic E-state index is 12.9. The zero-order valence-electron chi connectivity index (χ0n) is 22.1. The van der Waals surface area contributed by atoms with Crippen LogP contribution in [0.15, 0.2) is 10.5 Å². The van der Waals surface area contributed by atoms with Crippen molar-refractivity contribution in [2.45, 2.75) is 66.1 Å². The van der Waals surface area contributed by atoms with Crippen LogP contribution in [-0.2, 0) is 20.7 Å². The average molecular weight is 565 g/mol. The molecule has 3 aromatic rings. The Hall–Kier alpha value is -2.70. The van der Waals surface area contributed by atoms with E-state index in [-0.39, 0.29) is 46.4 Å². The van der Waals surface area contributed by atoms with Crippen molar-refractivity contribution < 1.29 is 23.9 Å². The minimum atomic E-state index is -0.600. The Labute approximate surface area is 229 Å². The van der Waals surface area contributed by atoms with Gasteiger partial charge in [-0.15, -0.1) is 32.9 Å². The van der Waals surface area contributed by atoms with Crippen LogP contribution in [0.5, 0.6) is 0 Å². The molecule has 0 radical (unpaired) electrons. The number of aryl methyl sites for hydroxylation is 1. The molecule has 3 aromatic heterocycles. The number of thioether (sulfide) groups is 1. The highest BCUT2D eigenvalue weighted by Crippen LogP contribution is 2.36. The molecular formula is C25H32N4O5S3. The molecule has 0 atom stereocenters. The summed E-state index contributed by atoms with van der Waals surface area (Å²) < 4.78 is 12.3. The lowest BCUT2D eigenvalue weighted by Gasteiger charge is -2.14. The van der Waals surface area contributed by atoms with Gasteiger partial charge in [-0.05, 0) is 59.1 Å². The first-order valence-corrected chi connectivity index (χ1v) is 14.7. The van der Waals surface area contributed by atoms with E-state index in [1.807, 2.05) is 4.57 Å². The Balaban J connectivity index is 1.83. The van der Waals surface area contributed by atoms with E-state index in [0.717, 1.165) is 29.1 Å². The maximum absolute atomic E-state index is 12.9. The van der Waals surface area contributed by atoms with Crippen LogP contribution in [0, 0.1) is 13.8 Å². The number of nitrogens with zero attached hydrogens (tertiary/aromatic N) is 3. The Morgan fingerprint density at radius 3 is 2.38 bits per heavy atom. The Bertz CT molecular complexity index is 1290. The second-order valence-corrected chi connectivity index (χ2v) is 11.4. The molecule has 200 valence electrons. The monoisotopic (exact) mass is 564 g/mol. The summed E-state index contributed by atoms with van der Waals surface area (Å²) in [5.41, 5.74) is 2.92. The van der Waals surface area contributed by atoms with Crippen molar-refractivity contribution in [1.29, 1.82) is 0 Å². The second kappa shape index (κ2) is 12.7. The zero-order valence-corrected chi connectivity index (χ0v) is 24.5. The summed E-state index contributed by atoms with van der Waals surface area (Å²) in [5.74, 6) is -0.651. The SMILES string of the molecule is CCOC(=O)c1sc(NC(=O)CSc2nnc(-c3csc(C)c3CC)n2C(C)C)c(C(=O)OCC)c1C. The van der Waals surface area contributed by atoms with E-state index in [2.05, 4.69) is 48.6 Å². The molecule has 0 spiro atoms. The van der Waals surface area contributed by atoms with Gasteiger partial charge in [0.25, 0.3) is 0 Å². The molecule has 0 unspecified atom stereocenters. The average Bonchev–Trinajstić information content (AvgIpc) is 3.52. The summed E-state index contributed by atoms with van der Waals surface area (Å²) >= 11 is 3.96. The highest BCUT2D eigenvalue weighted by Gasteiger charge is 2.28. The third-order valence-electron chi connectivity index (χ3n) is 5.55. The number of esters is 2. The fourth-order valence-electron chi connectivity index (χ4n) is 3.87. The summed E-state index contributed by atoms with van der Waals surface area (Å²) in [6.45, 7) is 13.7. The van der Waals surface area contributed by atoms with Crippen molar-refractivity contribution in [2.24, 2.45) is 0 Å². The van der Waals surface area contributed by atoms with Crippen LogP contribution in [-0.4, -0.2) is 51.6 Å².